The Morgan fingerprint density at radius 2 is 1.85 bits per heavy atom. The summed E-state index contributed by atoms with van der Waals surface area (Å²) in [6.07, 6.45) is 1.67. The number of benzene rings is 2. The number of thioether (sulfide) groups is 1. The third kappa shape index (κ3) is 5.76. The molecular weight excluding hydrogens is 498 g/mol. The zero-order valence-electron chi connectivity index (χ0n) is 17.9. The molecule has 8 nitrogen and oxygen atoms in total. The number of hydrogen-bond donors (Lipinski definition) is 1. The molecule has 0 saturated carbocycles. The number of nitrogens with zero attached hydrogens (tertiary/aromatic N) is 2. The highest BCUT2D eigenvalue weighted by Crippen LogP contribution is 2.32. The first kappa shape index (κ1) is 24.2. The predicted molar refractivity (Wildman–Crippen MR) is 133 cm³/mol. The van der Waals surface area contributed by atoms with Crippen LogP contribution in [0.5, 0.6) is 5.75 Å². The van der Waals surface area contributed by atoms with Crippen molar-refractivity contribution in [1.82, 2.24) is 15.3 Å². The Kier molecular flexibility index (Phi) is 7.84. The Morgan fingerprint density at radius 3 is 2.56 bits per heavy atom. The molecule has 4 rings (SSSR count). The maximum atomic E-state index is 12.8. The van der Waals surface area contributed by atoms with E-state index in [1.54, 1.807) is 59.5 Å². The number of morpholine rings is 1. The van der Waals surface area contributed by atoms with Crippen molar-refractivity contribution in [2.75, 3.05) is 32.9 Å². The van der Waals surface area contributed by atoms with Crippen LogP contribution in [0.1, 0.15) is 15.9 Å². The lowest BCUT2D eigenvalue weighted by Crippen LogP contribution is -2.44. The molecule has 176 valence electrons. The van der Waals surface area contributed by atoms with Gasteiger partial charge in [0.2, 0.25) is 0 Å². The van der Waals surface area contributed by atoms with E-state index in [-0.39, 0.29) is 27.4 Å². The van der Waals surface area contributed by atoms with Gasteiger partial charge in [-0.3, -0.25) is 19.8 Å². The number of halogens is 1. The minimum Gasteiger partial charge on any atom is -0.484 e. The first-order valence-corrected chi connectivity index (χ1v) is 11.9. The number of nitrogens with one attached hydrogen (secondary N) is 1. The van der Waals surface area contributed by atoms with Crippen LogP contribution in [0.25, 0.3) is 6.08 Å². The Hall–Kier alpha value is -2.92. The molecule has 0 aromatic heterocycles. The summed E-state index contributed by atoms with van der Waals surface area (Å²) in [7, 11) is 0. The number of ether oxygens (including phenoxy) is 2. The molecule has 2 saturated heterocycles. The van der Waals surface area contributed by atoms with Crippen LogP contribution in [0.3, 0.4) is 0 Å². The minimum absolute atomic E-state index is 0.0524. The van der Waals surface area contributed by atoms with E-state index in [1.165, 1.54) is 0 Å². The van der Waals surface area contributed by atoms with Crippen LogP contribution in [-0.2, 0) is 14.3 Å². The topological polar surface area (TPSA) is 88.2 Å². The van der Waals surface area contributed by atoms with Crippen molar-refractivity contribution in [3.63, 3.8) is 0 Å². The van der Waals surface area contributed by atoms with Gasteiger partial charge in [-0.25, -0.2) is 0 Å². The van der Waals surface area contributed by atoms with Crippen molar-refractivity contribution in [2.24, 2.45) is 0 Å². The molecule has 2 heterocycles. The summed E-state index contributed by atoms with van der Waals surface area (Å²) >= 11 is 12.4. The van der Waals surface area contributed by atoms with Gasteiger partial charge in [0, 0.05) is 13.1 Å². The van der Waals surface area contributed by atoms with E-state index < -0.39 is 11.8 Å². The molecular formula is C23H20ClN3O5S2. The summed E-state index contributed by atoms with van der Waals surface area (Å²) in [5.41, 5.74) is 3.49. The van der Waals surface area contributed by atoms with Gasteiger partial charge in [0.05, 0.1) is 28.7 Å². The molecule has 11 heteroatoms. The number of hydrazine groups is 1. The predicted octanol–water partition coefficient (Wildman–Crippen LogP) is 3.12. The van der Waals surface area contributed by atoms with Crippen molar-refractivity contribution in [3.05, 3.63) is 69.6 Å². The summed E-state index contributed by atoms with van der Waals surface area (Å²) in [6, 6.07) is 13.5. The first-order valence-electron chi connectivity index (χ1n) is 10.3. The van der Waals surface area contributed by atoms with E-state index in [0.29, 0.717) is 37.0 Å². The average Bonchev–Trinajstić information content (AvgIpc) is 3.11. The average molecular weight is 518 g/mol. The van der Waals surface area contributed by atoms with E-state index >= 15 is 0 Å². The van der Waals surface area contributed by atoms with Crippen LogP contribution in [0.4, 0.5) is 0 Å². The lowest BCUT2D eigenvalue weighted by molar-refractivity contribution is -0.137. The standard InChI is InChI=1S/C23H20ClN3O5S2/c24-18-4-2-1-3-17(18)21(29)25-27-22(30)19(34-23(27)33)13-15-5-7-16(8-6-15)32-14-20(28)26-9-11-31-12-10-26/h1-8,13H,9-12,14H2,(H,25,29)/b19-13+. The van der Waals surface area contributed by atoms with Crippen molar-refractivity contribution in [1.29, 1.82) is 0 Å². The number of carbonyl (C=O) groups excluding carboxylic acids is 3. The van der Waals surface area contributed by atoms with Gasteiger partial charge < -0.3 is 14.4 Å². The fourth-order valence-electron chi connectivity index (χ4n) is 3.23. The molecule has 34 heavy (non-hydrogen) atoms. The van der Waals surface area contributed by atoms with Crippen molar-refractivity contribution in [2.45, 2.75) is 0 Å². The smallest absolute Gasteiger partial charge is 0.285 e. The van der Waals surface area contributed by atoms with Gasteiger partial charge in [0.25, 0.3) is 17.7 Å². The fourth-order valence-corrected chi connectivity index (χ4v) is 4.63. The summed E-state index contributed by atoms with van der Waals surface area (Å²) < 4.78 is 11.0. The number of rotatable bonds is 6. The van der Waals surface area contributed by atoms with Crippen LogP contribution in [-0.4, -0.2) is 64.9 Å². The number of thiocarbonyl (C=S) groups is 1. The highest BCUT2D eigenvalue weighted by atomic mass is 35.5. The van der Waals surface area contributed by atoms with E-state index in [0.717, 1.165) is 22.3 Å². The quantitative estimate of drug-likeness (QED) is 0.465. The van der Waals surface area contributed by atoms with Gasteiger partial charge in [0.1, 0.15) is 5.75 Å². The zero-order chi connectivity index (χ0) is 24.1. The number of carbonyl (C=O) groups is 3. The molecule has 0 spiro atoms. The summed E-state index contributed by atoms with van der Waals surface area (Å²) in [5.74, 6) is -0.517. The molecule has 0 radical (unpaired) electrons. The van der Waals surface area contributed by atoms with Gasteiger partial charge >= 0.3 is 0 Å². The second-order valence-corrected chi connectivity index (χ2v) is 9.37. The molecule has 2 aromatic carbocycles. The summed E-state index contributed by atoms with van der Waals surface area (Å²) in [5, 5.41) is 1.31. The van der Waals surface area contributed by atoms with Gasteiger partial charge in [-0.1, -0.05) is 47.6 Å². The highest BCUT2D eigenvalue weighted by molar-refractivity contribution is 8.26. The van der Waals surface area contributed by atoms with Gasteiger partial charge in [-0.15, -0.1) is 0 Å². The lowest BCUT2D eigenvalue weighted by atomic mass is 10.2. The van der Waals surface area contributed by atoms with Crippen molar-refractivity contribution >= 4 is 63.7 Å². The lowest BCUT2D eigenvalue weighted by Gasteiger charge is -2.26. The molecule has 2 aromatic rings. The molecule has 0 atom stereocenters. The Balaban J connectivity index is 1.35. The van der Waals surface area contributed by atoms with Crippen LogP contribution in [0.15, 0.2) is 53.4 Å². The summed E-state index contributed by atoms with van der Waals surface area (Å²) in [6.45, 7) is 2.16. The van der Waals surface area contributed by atoms with Gasteiger partial charge in [-0.05, 0) is 48.1 Å². The molecule has 2 fully saturated rings. The SMILES string of the molecule is O=C(NN1C(=O)/C(=C\c2ccc(OCC(=O)N3CCOCC3)cc2)SC1=S)c1ccccc1Cl. The maximum Gasteiger partial charge on any atom is 0.285 e. The van der Waals surface area contributed by atoms with Crippen LogP contribution in [0.2, 0.25) is 5.02 Å². The Bertz CT molecular complexity index is 1150. The second-order valence-electron chi connectivity index (χ2n) is 7.29. The van der Waals surface area contributed by atoms with E-state index in [2.05, 4.69) is 5.43 Å². The van der Waals surface area contributed by atoms with Crippen molar-refractivity contribution < 1.29 is 23.9 Å². The van der Waals surface area contributed by atoms with E-state index in [4.69, 9.17) is 33.3 Å². The first-order chi connectivity index (χ1) is 16.4. The van der Waals surface area contributed by atoms with Crippen molar-refractivity contribution in [3.8, 4) is 5.75 Å². The third-order valence-electron chi connectivity index (χ3n) is 5.03. The molecule has 0 aliphatic carbocycles. The van der Waals surface area contributed by atoms with E-state index in [1.807, 2.05) is 0 Å². The normalized spacial score (nSPS) is 17.3. The van der Waals surface area contributed by atoms with E-state index in [9.17, 15) is 14.4 Å². The second kappa shape index (κ2) is 11.0. The van der Waals surface area contributed by atoms with Gasteiger partial charge in [-0.2, -0.15) is 5.01 Å². The molecule has 2 aliphatic heterocycles. The monoisotopic (exact) mass is 517 g/mol. The number of hydrogen-bond acceptors (Lipinski definition) is 7. The molecule has 0 unspecified atom stereocenters. The molecule has 0 bridgehead atoms. The fraction of sp³-hybridized carbons (Fsp3) is 0.217. The molecule has 1 N–H and O–H groups in total. The largest absolute Gasteiger partial charge is 0.484 e. The minimum atomic E-state index is -0.531. The Labute approximate surface area is 210 Å². The highest BCUT2D eigenvalue weighted by Gasteiger charge is 2.34. The van der Waals surface area contributed by atoms with Crippen LogP contribution in [0, 0.1) is 0 Å². The third-order valence-corrected chi connectivity index (χ3v) is 6.66. The van der Waals surface area contributed by atoms with Crippen LogP contribution >= 0.6 is 35.6 Å². The van der Waals surface area contributed by atoms with Crippen LogP contribution < -0.4 is 10.2 Å². The maximum absolute atomic E-state index is 12.8. The molecule has 2 aliphatic rings. The zero-order valence-corrected chi connectivity index (χ0v) is 20.3. The number of amides is 3. The van der Waals surface area contributed by atoms with Gasteiger partial charge in [0.15, 0.2) is 10.9 Å². The summed E-state index contributed by atoms with van der Waals surface area (Å²) in [4.78, 5) is 39.6. The Morgan fingerprint density at radius 1 is 1.15 bits per heavy atom. The molecule has 3 amide bonds.